The minimum atomic E-state index is -0.562. The summed E-state index contributed by atoms with van der Waals surface area (Å²) in [5.74, 6) is 1.09. The van der Waals surface area contributed by atoms with Crippen LogP contribution in [0.2, 0.25) is 0 Å². The zero-order valence-electron chi connectivity index (χ0n) is 23.8. The number of unbranched alkanes of at least 4 members (excludes halogenated alkanes) is 4. The summed E-state index contributed by atoms with van der Waals surface area (Å²) >= 11 is 0. The van der Waals surface area contributed by atoms with Crippen molar-refractivity contribution in [3.05, 3.63) is 103 Å². The number of para-hydroxylation sites is 1. The number of ether oxygens (including phenoxy) is 1. The van der Waals surface area contributed by atoms with Crippen LogP contribution in [0.5, 0.6) is 5.75 Å². The van der Waals surface area contributed by atoms with Crippen LogP contribution in [-0.4, -0.2) is 37.9 Å². The van der Waals surface area contributed by atoms with Crippen LogP contribution in [0.15, 0.2) is 101 Å². The minimum absolute atomic E-state index is 0.348. The van der Waals surface area contributed by atoms with Gasteiger partial charge in [0.2, 0.25) is 11.8 Å². The Bertz CT molecular complexity index is 1790. The Labute approximate surface area is 249 Å². The predicted molar refractivity (Wildman–Crippen MR) is 163 cm³/mol. The minimum Gasteiger partial charge on any atom is -0.494 e. The normalized spacial score (nSPS) is 11.1. The summed E-state index contributed by atoms with van der Waals surface area (Å²) in [6, 6.07) is 30.1. The van der Waals surface area contributed by atoms with Crippen molar-refractivity contribution in [3.63, 3.8) is 0 Å². The van der Waals surface area contributed by atoms with Gasteiger partial charge in [0.05, 0.1) is 12.2 Å². The SMILES string of the molecule is CCCCCCCOc1ccc(-c2ccc(-c3nnc(-c4ccc(C(=O)On5nnc6ccccc65)cc4)o3)cc2)cc1. The largest absolute Gasteiger partial charge is 0.494 e. The number of hydrogen-bond acceptors (Lipinski definition) is 8. The number of carbonyl (C=O) groups excluding carboxylic acids is 1. The van der Waals surface area contributed by atoms with Crippen LogP contribution in [0.25, 0.3) is 45.1 Å². The molecule has 0 N–H and O–H groups in total. The second kappa shape index (κ2) is 13.1. The first-order valence-electron chi connectivity index (χ1n) is 14.5. The Balaban J connectivity index is 1.06. The van der Waals surface area contributed by atoms with Gasteiger partial charge < -0.3 is 14.0 Å². The maximum absolute atomic E-state index is 12.7. The zero-order chi connectivity index (χ0) is 29.4. The van der Waals surface area contributed by atoms with Crippen LogP contribution in [0, 0.1) is 0 Å². The van der Waals surface area contributed by atoms with E-state index in [2.05, 4.69) is 39.6 Å². The van der Waals surface area contributed by atoms with Gasteiger partial charge in [-0.1, -0.05) is 73.9 Å². The fourth-order valence-corrected chi connectivity index (χ4v) is 4.70. The lowest BCUT2D eigenvalue weighted by molar-refractivity contribution is 0.0409. The maximum atomic E-state index is 12.7. The standard InChI is InChI=1S/C34H31N5O4/c1-2-3-4-5-8-23-41-29-21-19-25(20-22-29)24-11-13-26(14-12-24)32-36-37-33(42-32)27-15-17-28(18-16-27)34(40)43-39-31-10-7-6-9-30(31)35-38-39/h6-7,9-22H,2-5,8,23H2,1H3. The lowest BCUT2D eigenvalue weighted by Crippen LogP contribution is -2.20. The van der Waals surface area contributed by atoms with Crippen LogP contribution < -0.4 is 9.57 Å². The monoisotopic (exact) mass is 573 g/mol. The van der Waals surface area contributed by atoms with Crippen molar-refractivity contribution in [3.8, 4) is 39.8 Å². The third-order valence-electron chi connectivity index (χ3n) is 7.12. The molecule has 0 amide bonds. The van der Waals surface area contributed by atoms with E-state index in [0.717, 1.165) is 40.3 Å². The topological polar surface area (TPSA) is 105 Å². The molecule has 0 fully saturated rings. The number of aromatic nitrogens is 5. The highest BCUT2D eigenvalue weighted by Crippen LogP contribution is 2.28. The molecular weight excluding hydrogens is 542 g/mol. The van der Waals surface area contributed by atoms with Crippen LogP contribution in [0.3, 0.4) is 0 Å². The summed E-state index contributed by atoms with van der Waals surface area (Å²) in [6.07, 6.45) is 6.12. The third-order valence-corrected chi connectivity index (χ3v) is 7.12. The van der Waals surface area contributed by atoms with Crippen molar-refractivity contribution >= 4 is 17.0 Å². The lowest BCUT2D eigenvalue weighted by atomic mass is 10.0. The van der Waals surface area contributed by atoms with Gasteiger partial charge in [-0.15, -0.1) is 15.3 Å². The van der Waals surface area contributed by atoms with E-state index < -0.39 is 5.97 Å². The number of rotatable bonds is 12. The number of benzene rings is 4. The molecule has 2 heterocycles. The molecule has 9 nitrogen and oxygen atoms in total. The molecule has 9 heteroatoms. The van der Waals surface area contributed by atoms with Gasteiger partial charge in [-0.2, -0.15) is 0 Å². The van der Waals surface area contributed by atoms with Gasteiger partial charge in [0.25, 0.3) is 0 Å². The number of fused-ring (bicyclic) bond motifs is 1. The van der Waals surface area contributed by atoms with Gasteiger partial charge in [0.1, 0.15) is 16.8 Å². The number of hydrogen-bond donors (Lipinski definition) is 0. The molecule has 0 atom stereocenters. The van der Waals surface area contributed by atoms with Gasteiger partial charge in [0.15, 0.2) is 0 Å². The average Bonchev–Trinajstić information content (AvgIpc) is 3.71. The highest BCUT2D eigenvalue weighted by atomic mass is 16.7. The summed E-state index contributed by atoms with van der Waals surface area (Å²) < 4.78 is 11.8. The molecule has 0 unspecified atom stereocenters. The highest BCUT2D eigenvalue weighted by molar-refractivity contribution is 5.90. The highest BCUT2D eigenvalue weighted by Gasteiger charge is 2.15. The maximum Gasteiger partial charge on any atom is 0.365 e. The zero-order valence-corrected chi connectivity index (χ0v) is 23.8. The second-order valence-electron chi connectivity index (χ2n) is 10.2. The van der Waals surface area contributed by atoms with Crippen molar-refractivity contribution in [1.29, 1.82) is 0 Å². The van der Waals surface area contributed by atoms with Gasteiger partial charge in [0, 0.05) is 11.1 Å². The van der Waals surface area contributed by atoms with E-state index in [1.807, 2.05) is 48.5 Å². The van der Waals surface area contributed by atoms with E-state index >= 15 is 0 Å². The Morgan fingerprint density at radius 1 is 0.698 bits per heavy atom. The Morgan fingerprint density at radius 3 is 2.00 bits per heavy atom. The fraction of sp³-hybridized carbons (Fsp3) is 0.206. The molecule has 0 aliphatic heterocycles. The molecule has 4 aromatic carbocycles. The van der Waals surface area contributed by atoms with Crippen LogP contribution >= 0.6 is 0 Å². The van der Waals surface area contributed by atoms with E-state index in [1.54, 1.807) is 36.4 Å². The Morgan fingerprint density at radius 2 is 1.30 bits per heavy atom. The quantitative estimate of drug-likeness (QED) is 0.110. The Kier molecular flexibility index (Phi) is 8.49. The van der Waals surface area contributed by atoms with Crippen molar-refractivity contribution in [2.45, 2.75) is 39.0 Å². The van der Waals surface area contributed by atoms with Gasteiger partial charge >= 0.3 is 5.97 Å². The number of nitrogens with zero attached hydrogens (tertiary/aromatic N) is 5. The smallest absolute Gasteiger partial charge is 0.365 e. The van der Waals surface area contributed by atoms with E-state index in [9.17, 15) is 4.79 Å². The molecule has 43 heavy (non-hydrogen) atoms. The van der Waals surface area contributed by atoms with Crippen LogP contribution in [0.4, 0.5) is 0 Å². The first-order valence-corrected chi connectivity index (χ1v) is 14.5. The molecule has 0 aliphatic rings. The molecule has 0 bridgehead atoms. The van der Waals surface area contributed by atoms with Gasteiger partial charge in [-0.3, -0.25) is 0 Å². The average molecular weight is 574 g/mol. The summed E-state index contributed by atoms with van der Waals surface area (Å²) in [5, 5.41) is 16.3. The van der Waals surface area contributed by atoms with Crippen molar-refractivity contribution < 1.29 is 18.8 Å². The molecule has 6 rings (SSSR count). The lowest BCUT2D eigenvalue weighted by Gasteiger charge is -2.08. The molecule has 0 radical (unpaired) electrons. The van der Waals surface area contributed by atoms with Crippen molar-refractivity contribution in [2.24, 2.45) is 0 Å². The molecular formula is C34H31N5O4. The second-order valence-corrected chi connectivity index (χ2v) is 10.2. The van der Waals surface area contributed by atoms with Crippen LogP contribution in [0.1, 0.15) is 49.4 Å². The van der Waals surface area contributed by atoms with Crippen molar-refractivity contribution in [2.75, 3.05) is 6.61 Å². The van der Waals surface area contributed by atoms with E-state index in [-0.39, 0.29) is 0 Å². The first-order chi connectivity index (χ1) is 21.2. The van der Waals surface area contributed by atoms with E-state index in [1.165, 1.54) is 25.7 Å². The molecule has 216 valence electrons. The summed E-state index contributed by atoms with van der Waals surface area (Å²) in [4.78, 5) is 19.2. The van der Waals surface area contributed by atoms with Crippen molar-refractivity contribution in [1.82, 2.24) is 25.4 Å². The summed E-state index contributed by atoms with van der Waals surface area (Å²) in [6.45, 7) is 2.98. The van der Waals surface area contributed by atoms with Gasteiger partial charge in [-0.25, -0.2) is 4.79 Å². The molecule has 0 saturated heterocycles. The fourth-order valence-electron chi connectivity index (χ4n) is 4.70. The van der Waals surface area contributed by atoms with Gasteiger partial charge in [-0.05, 0) is 83.4 Å². The first kappa shape index (κ1) is 27.8. The molecule has 2 aromatic heterocycles. The molecule has 0 saturated carbocycles. The van der Waals surface area contributed by atoms with E-state index in [4.69, 9.17) is 14.0 Å². The summed E-state index contributed by atoms with van der Waals surface area (Å²) in [7, 11) is 0. The number of carbonyl (C=O) groups is 1. The molecule has 0 aliphatic carbocycles. The van der Waals surface area contributed by atoms with E-state index in [0.29, 0.717) is 33.9 Å². The van der Waals surface area contributed by atoms with Crippen LogP contribution in [-0.2, 0) is 0 Å². The summed E-state index contributed by atoms with van der Waals surface area (Å²) in [5.41, 5.74) is 5.26. The molecule has 6 aromatic rings. The predicted octanol–water partition coefficient (Wildman–Crippen LogP) is 7.43. The third kappa shape index (κ3) is 6.62. The molecule has 0 spiro atoms. The Hall–Kier alpha value is -5.31.